The summed E-state index contributed by atoms with van der Waals surface area (Å²) in [5.74, 6) is -8.37. The van der Waals surface area contributed by atoms with E-state index in [4.69, 9.17) is 30.9 Å². The molecule has 0 aliphatic carbocycles. The van der Waals surface area contributed by atoms with Crippen LogP contribution in [-0.2, 0) is 108 Å². The topological polar surface area (TPSA) is 402 Å². The molecule has 0 saturated carbocycles. The molecule has 574 valence electrons. The Bertz CT molecular complexity index is 3460. The van der Waals surface area contributed by atoms with E-state index in [9.17, 15) is 71.9 Å². The summed E-state index contributed by atoms with van der Waals surface area (Å²) in [5.41, 5.74) is 4.59. The largest absolute Gasteiger partial charge is 0.0565 e. The maximum absolute atomic E-state index is 12.7. The summed E-state index contributed by atoms with van der Waals surface area (Å²) in [4.78, 5) is 201. The van der Waals surface area contributed by atoms with Gasteiger partial charge in [-0.15, -0.1) is 0 Å². The monoisotopic (exact) mass is 2070 g/mol. The summed E-state index contributed by atoms with van der Waals surface area (Å²) in [7, 11) is 0. The Morgan fingerprint density at radius 2 is 0.557 bits per heavy atom. The third-order valence-corrected chi connectivity index (χ3v) is 34.4. The molecule has 10 bridgehead atoms. The molecule has 106 heavy (non-hydrogen) atoms. The second kappa shape index (κ2) is 40.7. The smallest absolute Gasteiger partial charge is 0.0514 e. The van der Waals surface area contributed by atoms with Crippen LogP contribution >= 0.6 is 0 Å². The summed E-state index contributed by atoms with van der Waals surface area (Å²) in [6.45, 7) is 11.3. The van der Waals surface area contributed by atoms with Crippen molar-refractivity contribution >= 4 is 158 Å². The maximum Gasteiger partial charge on any atom is -0.0514 e. The molecule has 15 aliphatic heterocycles. The number of amides is 1. The predicted octanol–water partition coefficient (Wildman–Crippen LogP) is -3.89. The van der Waals surface area contributed by atoms with Crippen LogP contribution in [0.4, 0.5) is 0 Å². The van der Waals surface area contributed by atoms with Gasteiger partial charge in [0.2, 0.25) is 0 Å². The van der Waals surface area contributed by atoms with Crippen molar-refractivity contribution in [1.29, 1.82) is 0 Å². The van der Waals surface area contributed by atoms with Crippen molar-refractivity contribution < 1.29 is 103 Å². The second-order valence-corrected chi connectivity index (χ2v) is 41.6. The number of hydrogen-bond donors (Lipinski definition) is 1. The van der Waals surface area contributed by atoms with E-state index in [1.807, 2.05) is 52.8 Å². The molecule has 37 nitrogen and oxygen atoms in total. The van der Waals surface area contributed by atoms with Gasteiger partial charge in [-0.2, -0.15) is 0 Å². The summed E-state index contributed by atoms with van der Waals surface area (Å²) >= 11 is -15.3. The quantitative estimate of drug-likeness (QED) is 0.142. The SMILES string of the molecule is CC.O=Cc1ccc(CN2CCN3CC(=O)[O][Bi]4([O]C(=O)C3)[O]C(=O)CN(CC2)CC(=O)[O]4)cc1.O=Cc1ccc(CN2CCN3CCN4CCN(CC2)CC(=O)[O][Bi]([O]C(=O)C4)[O]C(=O)C3)cc1.O=Cc1ccc(CNC(=O)CN2CCN3CC(=O)[O][Bi]4([O]C(=O)C3)[O]C(=O)CN(CC2)CC(=O)[O]4)cc1. The van der Waals surface area contributed by atoms with Crippen molar-refractivity contribution in [3.8, 4) is 0 Å². The van der Waals surface area contributed by atoms with Crippen LogP contribution in [0.5, 0.6) is 0 Å². The molecule has 1 amide bonds. The van der Waals surface area contributed by atoms with E-state index in [0.717, 1.165) is 35.5 Å². The van der Waals surface area contributed by atoms with Crippen LogP contribution in [0.2, 0.25) is 0 Å². The van der Waals surface area contributed by atoms with Gasteiger partial charge in [0.25, 0.3) is 0 Å². The Labute approximate surface area is 632 Å². The molecule has 15 saturated heterocycles. The molecule has 18 rings (SSSR count). The van der Waals surface area contributed by atoms with Gasteiger partial charge in [-0.25, -0.2) is 0 Å². The molecule has 1 N–H and O–H groups in total. The fourth-order valence-electron chi connectivity index (χ4n) is 11.7. The van der Waals surface area contributed by atoms with Crippen LogP contribution in [0.3, 0.4) is 0 Å². The van der Waals surface area contributed by atoms with Crippen molar-refractivity contribution in [2.75, 3.05) is 183 Å². The van der Waals surface area contributed by atoms with Crippen molar-refractivity contribution in [2.45, 2.75) is 33.5 Å². The van der Waals surface area contributed by atoms with E-state index in [-0.39, 0.29) is 104 Å². The van der Waals surface area contributed by atoms with Crippen LogP contribution in [0, 0.1) is 0 Å². The minimum absolute atomic E-state index is 0.0162. The van der Waals surface area contributed by atoms with Crippen LogP contribution in [0.25, 0.3) is 0 Å². The maximum atomic E-state index is 12.7. The minimum Gasteiger partial charge on any atom is -0.0565 e. The summed E-state index contributed by atoms with van der Waals surface area (Å²) in [6.07, 6.45) is 2.33. The average molecular weight is 2070 g/mol. The molecule has 3 aromatic carbocycles. The Balaban J connectivity index is 0.000000182. The Kier molecular flexibility index (Phi) is 31.7. The summed E-state index contributed by atoms with van der Waals surface area (Å²) in [5, 5.41) is 2.82. The van der Waals surface area contributed by atoms with E-state index < -0.39 is 133 Å². The third-order valence-electron chi connectivity index (χ3n) is 17.0. The van der Waals surface area contributed by atoms with E-state index in [0.29, 0.717) is 121 Å². The van der Waals surface area contributed by atoms with Gasteiger partial charge in [0, 0.05) is 5.56 Å². The molecule has 15 aliphatic rings. The zero-order chi connectivity index (χ0) is 75.8. The van der Waals surface area contributed by atoms with E-state index in [2.05, 4.69) is 15.1 Å². The van der Waals surface area contributed by atoms with Crippen LogP contribution < -0.4 is 5.32 Å². The fraction of sp³-hybridized carbons (Fsp3) is 0.500. The number of carbonyl (C=O) groups excluding carboxylic acids is 15. The third kappa shape index (κ3) is 26.7. The van der Waals surface area contributed by atoms with Gasteiger partial charge in [0.15, 0.2) is 0 Å². The second-order valence-electron chi connectivity index (χ2n) is 25.1. The van der Waals surface area contributed by atoms with Crippen LogP contribution in [-0.4, -0.2) is 390 Å². The first kappa shape index (κ1) is 82.6. The van der Waals surface area contributed by atoms with Gasteiger partial charge >= 0.3 is 561 Å². The molecule has 3 aromatic rings. The normalized spacial score (nSPS) is 27.5. The van der Waals surface area contributed by atoms with Crippen molar-refractivity contribution in [1.82, 2.24) is 54.3 Å². The summed E-state index contributed by atoms with van der Waals surface area (Å²) < 4.78 is 57.8. The van der Waals surface area contributed by atoms with E-state index in [1.54, 1.807) is 63.2 Å². The standard InChI is InChI=1S/C22H30N4O10.C22H32N4O7.C20H27N3O9.C2H6.3Bi/c27-15-17-3-1-16(2-4-17)9-23-18(28)10-24(5-7-25(11-19(29)30)12-20(31)32)6-8-26(13-21(33)34)14-22(35)36;27-17-19-3-1-18(2-4-19)13-23-5-7-24(14-20(28)29)9-11-26(16-22(32)33)12-10-25(8-6-23)15-21(30)31;24-14-16-3-1-15(2-4-16)9-21(5-7-22(10-17(25)26)11-18(27)28)6-8-23(12-19(29)30)13-20(31)32;1-2;;;/h1-4,15H,5-14H2,(H,23,28)(H,29,30)(H,31,32)(H,33,34)(H,35,36);1-4,17H,5-16H2,(H,28,29)(H,30,31)(H,32,33);1-4,14H,5-13H2,(H,25,26)(H,27,28)(H,29,30)(H,31,32);1-2H3;;;/q;;;;+3;2*+4/p-11. The van der Waals surface area contributed by atoms with Gasteiger partial charge in [-0.3, -0.25) is 14.4 Å². The molecular weight excluding hydrogens is 1990 g/mol. The zero-order valence-corrected chi connectivity index (χ0v) is 68.9. The minimum atomic E-state index is -5.66. The molecule has 15 fully saturated rings. The number of benzene rings is 3. The molecule has 2 atom stereocenters. The first-order valence-corrected chi connectivity index (χ1v) is 49.7. The number of nitrogens with zero attached hydrogens (tertiary/aromatic N) is 10. The van der Waals surface area contributed by atoms with Crippen molar-refractivity contribution in [3.63, 3.8) is 0 Å². The number of hydrogen-bond acceptors (Lipinski definition) is 36. The molecule has 0 aromatic heterocycles. The Morgan fingerprint density at radius 3 is 0.821 bits per heavy atom. The van der Waals surface area contributed by atoms with Crippen LogP contribution in [0.1, 0.15) is 61.6 Å². The van der Waals surface area contributed by atoms with Crippen LogP contribution in [0.15, 0.2) is 72.8 Å². The van der Waals surface area contributed by atoms with Gasteiger partial charge in [0.05, 0.1) is 0 Å². The number of rotatable bonds is 11. The average Bonchev–Trinajstić information content (AvgIpc) is 0.858. The Hall–Kier alpha value is -7.44. The number of nitrogens with one attached hydrogen (secondary N) is 1. The predicted molar refractivity (Wildman–Crippen MR) is 365 cm³/mol. The summed E-state index contributed by atoms with van der Waals surface area (Å²) in [6, 6.07) is 21.4. The van der Waals surface area contributed by atoms with Crippen molar-refractivity contribution in [2.24, 2.45) is 0 Å². The van der Waals surface area contributed by atoms with Crippen molar-refractivity contribution in [3.05, 3.63) is 106 Å². The van der Waals surface area contributed by atoms with E-state index >= 15 is 0 Å². The molecule has 2 radical (unpaired) electrons. The first-order chi connectivity index (χ1) is 51.0. The van der Waals surface area contributed by atoms with Gasteiger partial charge in [0.1, 0.15) is 18.9 Å². The molecule has 2 spiro atoms. The van der Waals surface area contributed by atoms with Gasteiger partial charge in [-0.1, -0.05) is 38.1 Å². The zero-order valence-electron chi connectivity index (χ0n) is 58.5. The Morgan fingerprint density at radius 1 is 0.330 bits per heavy atom. The van der Waals surface area contributed by atoms with Gasteiger partial charge in [-0.05, 0) is 0 Å². The van der Waals surface area contributed by atoms with E-state index in [1.165, 1.54) is 9.80 Å². The fourth-order valence-corrected chi connectivity index (χ4v) is 26.0. The molecule has 15 heterocycles. The number of fused-ring (bicyclic) bond motifs is 7. The number of carbonyl (C=O) groups is 15. The molecule has 40 heteroatoms. The van der Waals surface area contributed by atoms with Gasteiger partial charge < -0.3 is 0 Å². The molecular formula is C66H84Bi3N11O26. The number of aldehydes is 3. The first-order valence-electron chi connectivity index (χ1n) is 34.1. The molecule has 2 unspecified atom stereocenters.